The van der Waals surface area contributed by atoms with Crippen molar-refractivity contribution in [1.82, 2.24) is 9.97 Å². The average Bonchev–Trinajstić information content (AvgIpc) is 3.55. The third-order valence-corrected chi connectivity index (χ3v) is 10.0. The second kappa shape index (κ2) is 11.5. The zero-order valence-electron chi connectivity index (χ0n) is 25.5. The quantitative estimate of drug-likeness (QED) is 0.192. The van der Waals surface area contributed by atoms with E-state index < -0.39 is 0 Å². The number of fused-ring (bicyclic) bond motifs is 5. The standard InChI is InChI=1S/C44H28N2S/c1-3-13-30(14-4-1)38-28-39(46-44(45-38)31-15-5-2-6-16-31)35-20-10-18-33(27-35)32-17-9-19-34(26-32)37-22-11-23-40-43(37)42-36-21-8-7-12-29(36)24-25-41(42)47-40/h1-28H. The molecule has 3 heteroatoms. The number of hydrogen-bond donors (Lipinski definition) is 0. The number of aromatic nitrogens is 2. The van der Waals surface area contributed by atoms with E-state index in [1.54, 1.807) is 0 Å². The van der Waals surface area contributed by atoms with Crippen molar-refractivity contribution in [3.05, 3.63) is 170 Å². The number of rotatable bonds is 5. The molecule has 2 nitrogen and oxygen atoms in total. The first-order valence-electron chi connectivity index (χ1n) is 15.8. The molecule has 9 aromatic rings. The van der Waals surface area contributed by atoms with Gasteiger partial charge in [0.1, 0.15) is 0 Å². The number of thiophene rings is 1. The van der Waals surface area contributed by atoms with Crippen LogP contribution in [0, 0.1) is 0 Å². The Hall–Kier alpha value is -5.90. The molecule has 0 N–H and O–H groups in total. The van der Waals surface area contributed by atoms with Crippen LogP contribution in [0.5, 0.6) is 0 Å². The SMILES string of the molecule is c1ccc(-c2cc(-c3cccc(-c4cccc(-c5cccc6sc7ccc8ccccc8c7c56)c4)c3)nc(-c3ccccc3)n2)cc1. The highest BCUT2D eigenvalue weighted by Crippen LogP contribution is 2.43. The van der Waals surface area contributed by atoms with E-state index in [2.05, 4.69) is 146 Å². The fourth-order valence-corrected chi connectivity index (χ4v) is 7.77. The first-order valence-corrected chi connectivity index (χ1v) is 16.6. The van der Waals surface area contributed by atoms with E-state index in [4.69, 9.17) is 9.97 Å². The summed E-state index contributed by atoms with van der Waals surface area (Å²) in [6.45, 7) is 0. The molecule has 0 unspecified atom stereocenters. The Morgan fingerprint density at radius 1 is 0.362 bits per heavy atom. The third-order valence-electron chi connectivity index (χ3n) is 8.88. The summed E-state index contributed by atoms with van der Waals surface area (Å²) in [6, 6.07) is 60.2. The van der Waals surface area contributed by atoms with Crippen LogP contribution in [0.15, 0.2) is 170 Å². The number of hydrogen-bond acceptors (Lipinski definition) is 3. The van der Waals surface area contributed by atoms with Crippen LogP contribution in [0.1, 0.15) is 0 Å². The normalized spacial score (nSPS) is 11.4. The van der Waals surface area contributed by atoms with Crippen LogP contribution in [-0.2, 0) is 0 Å². The number of benzene rings is 7. The van der Waals surface area contributed by atoms with Crippen molar-refractivity contribution < 1.29 is 0 Å². The molecule has 0 saturated carbocycles. The smallest absolute Gasteiger partial charge is 0.160 e. The van der Waals surface area contributed by atoms with Gasteiger partial charge in [0, 0.05) is 36.9 Å². The lowest BCUT2D eigenvalue weighted by atomic mass is 9.94. The molecule has 2 aromatic heterocycles. The molecule has 0 spiro atoms. The molecule has 0 amide bonds. The number of nitrogens with zero attached hydrogens (tertiary/aromatic N) is 2. The summed E-state index contributed by atoms with van der Waals surface area (Å²) >= 11 is 1.87. The Morgan fingerprint density at radius 2 is 0.936 bits per heavy atom. The molecule has 0 bridgehead atoms. The van der Waals surface area contributed by atoms with Gasteiger partial charge in [-0.1, -0.05) is 140 Å². The summed E-state index contributed by atoms with van der Waals surface area (Å²) in [5.74, 6) is 0.720. The maximum Gasteiger partial charge on any atom is 0.160 e. The molecule has 0 aliphatic heterocycles. The fraction of sp³-hybridized carbons (Fsp3) is 0. The highest BCUT2D eigenvalue weighted by molar-refractivity contribution is 7.26. The Kier molecular flexibility index (Phi) is 6.69. The minimum atomic E-state index is 0.720. The zero-order chi connectivity index (χ0) is 31.2. The highest BCUT2D eigenvalue weighted by atomic mass is 32.1. The maximum absolute atomic E-state index is 5.07. The van der Waals surface area contributed by atoms with Crippen LogP contribution >= 0.6 is 11.3 Å². The van der Waals surface area contributed by atoms with E-state index >= 15 is 0 Å². The minimum absolute atomic E-state index is 0.720. The summed E-state index contributed by atoms with van der Waals surface area (Å²) < 4.78 is 2.64. The van der Waals surface area contributed by atoms with Gasteiger partial charge in [-0.05, 0) is 63.4 Å². The summed E-state index contributed by atoms with van der Waals surface area (Å²) in [4.78, 5) is 10.0. The molecule has 7 aromatic carbocycles. The van der Waals surface area contributed by atoms with Crippen LogP contribution < -0.4 is 0 Å². The lowest BCUT2D eigenvalue weighted by Gasteiger charge is -2.12. The van der Waals surface area contributed by atoms with Crippen LogP contribution in [0.4, 0.5) is 0 Å². The van der Waals surface area contributed by atoms with Crippen LogP contribution in [0.25, 0.3) is 87.1 Å². The molecule has 0 atom stereocenters. The van der Waals surface area contributed by atoms with Gasteiger partial charge in [0.25, 0.3) is 0 Å². The second-order valence-corrected chi connectivity index (χ2v) is 12.9. The molecule has 220 valence electrons. The van der Waals surface area contributed by atoms with Gasteiger partial charge in [-0.15, -0.1) is 11.3 Å². The molecular weight excluding hydrogens is 589 g/mol. The molecule has 0 saturated heterocycles. The van der Waals surface area contributed by atoms with E-state index in [1.807, 2.05) is 35.6 Å². The Morgan fingerprint density at radius 3 is 1.72 bits per heavy atom. The van der Waals surface area contributed by atoms with Crippen LogP contribution in [0.3, 0.4) is 0 Å². The third kappa shape index (κ3) is 4.98. The van der Waals surface area contributed by atoms with E-state index in [0.717, 1.165) is 39.5 Å². The average molecular weight is 617 g/mol. The van der Waals surface area contributed by atoms with Crippen molar-refractivity contribution in [2.45, 2.75) is 0 Å². The lowest BCUT2D eigenvalue weighted by Crippen LogP contribution is -1.96. The van der Waals surface area contributed by atoms with Crippen molar-refractivity contribution in [3.8, 4) is 56.2 Å². The van der Waals surface area contributed by atoms with Crippen molar-refractivity contribution in [3.63, 3.8) is 0 Å². The summed E-state index contributed by atoms with van der Waals surface area (Å²) in [6.07, 6.45) is 0. The predicted octanol–water partition coefficient (Wildman–Crippen LogP) is 12.3. The molecule has 0 aliphatic carbocycles. The molecule has 0 fully saturated rings. The first kappa shape index (κ1) is 27.4. The van der Waals surface area contributed by atoms with E-state index in [0.29, 0.717) is 0 Å². The van der Waals surface area contributed by atoms with Crippen molar-refractivity contribution in [2.75, 3.05) is 0 Å². The minimum Gasteiger partial charge on any atom is -0.228 e. The molecule has 0 radical (unpaired) electrons. The topological polar surface area (TPSA) is 25.8 Å². The fourth-order valence-electron chi connectivity index (χ4n) is 6.62. The highest BCUT2D eigenvalue weighted by Gasteiger charge is 2.15. The van der Waals surface area contributed by atoms with Crippen molar-refractivity contribution in [1.29, 1.82) is 0 Å². The molecule has 0 aliphatic rings. The van der Waals surface area contributed by atoms with Gasteiger partial charge in [-0.2, -0.15) is 0 Å². The second-order valence-electron chi connectivity index (χ2n) is 11.8. The van der Waals surface area contributed by atoms with Gasteiger partial charge in [-0.3, -0.25) is 0 Å². The van der Waals surface area contributed by atoms with Gasteiger partial charge < -0.3 is 0 Å². The van der Waals surface area contributed by atoms with E-state index in [9.17, 15) is 0 Å². The van der Waals surface area contributed by atoms with Gasteiger partial charge >= 0.3 is 0 Å². The van der Waals surface area contributed by atoms with E-state index in [1.165, 1.54) is 47.6 Å². The largest absolute Gasteiger partial charge is 0.228 e. The first-order chi connectivity index (χ1) is 23.3. The summed E-state index contributed by atoms with van der Waals surface area (Å²) in [5.41, 5.74) is 9.73. The van der Waals surface area contributed by atoms with Crippen molar-refractivity contribution >= 4 is 42.3 Å². The molecule has 47 heavy (non-hydrogen) atoms. The Balaban J connectivity index is 1.17. The van der Waals surface area contributed by atoms with Gasteiger partial charge in [0.2, 0.25) is 0 Å². The summed E-state index contributed by atoms with van der Waals surface area (Å²) in [7, 11) is 0. The monoisotopic (exact) mass is 616 g/mol. The Labute approximate surface area is 277 Å². The Bertz CT molecular complexity index is 2510. The predicted molar refractivity (Wildman–Crippen MR) is 200 cm³/mol. The van der Waals surface area contributed by atoms with E-state index in [-0.39, 0.29) is 0 Å². The molecular formula is C44H28N2S. The van der Waals surface area contributed by atoms with Crippen LogP contribution in [-0.4, -0.2) is 9.97 Å². The van der Waals surface area contributed by atoms with Gasteiger partial charge in [0.05, 0.1) is 11.4 Å². The molecule has 9 rings (SSSR count). The van der Waals surface area contributed by atoms with Crippen molar-refractivity contribution in [2.24, 2.45) is 0 Å². The molecule has 2 heterocycles. The van der Waals surface area contributed by atoms with Crippen LogP contribution in [0.2, 0.25) is 0 Å². The maximum atomic E-state index is 5.07. The zero-order valence-corrected chi connectivity index (χ0v) is 26.3. The van der Waals surface area contributed by atoms with Gasteiger partial charge in [-0.25, -0.2) is 9.97 Å². The summed E-state index contributed by atoms with van der Waals surface area (Å²) in [5, 5.41) is 5.26. The van der Waals surface area contributed by atoms with Gasteiger partial charge in [0.15, 0.2) is 5.82 Å². The lowest BCUT2D eigenvalue weighted by molar-refractivity contribution is 1.18.